The van der Waals surface area contributed by atoms with Gasteiger partial charge >= 0.3 is 0 Å². The van der Waals surface area contributed by atoms with E-state index < -0.39 is 0 Å². The fraction of sp³-hybridized carbons (Fsp3) is 0.632. The molecule has 2 aliphatic rings. The molecule has 1 aromatic heterocycles. The summed E-state index contributed by atoms with van der Waals surface area (Å²) in [4.78, 5) is 20.5. The fourth-order valence-electron chi connectivity index (χ4n) is 2.48. The van der Waals surface area contributed by atoms with Gasteiger partial charge in [0.25, 0.3) is 0 Å². The number of ether oxygens (including phenoxy) is 1. The van der Waals surface area contributed by atoms with Crippen LogP contribution in [0.25, 0.3) is 0 Å². The van der Waals surface area contributed by atoms with Crippen molar-refractivity contribution in [2.24, 2.45) is 16.8 Å². The molecule has 3 N–H and O–H groups in total. The maximum Gasteiger partial charge on any atom is 0.223 e. The van der Waals surface area contributed by atoms with E-state index in [4.69, 9.17) is 4.74 Å². The zero-order valence-corrected chi connectivity index (χ0v) is 18.2. The summed E-state index contributed by atoms with van der Waals surface area (Å²) >= 11 is 0. The second-order valence-electron chi connectivity index (χ2n) is 6.94. The van der Waals surface area contributed by atoms with E-state index in [1.54, 1.807) is 6.20 Å². The van der Waals surface area contributed by atoms with Crippen LogP contribution in [0.4, 0.5) is 0 Å². The van der Waals surface area contributed by atoms with Gasteiger partial charge in [0, 0.05) is 37.8 Å². The van der Waals surface area contributed by atoms with Gasteiger partial charge in [-0.1, -0.05) is 0 Å². The average molecular weight is 487 g/mol. The van der Waals surface area contributed by atoms with Crippen molar-refractivity contribution in [3.63, 3.8) is 0 Å². The normalized spacial score (nSPS) is 16.3. The summed E-state index contributed by atoms with van der Waals surface area (Å²) in [6.45, 7) is 5.38. The summed E-state index contributed by atoms with van der Waals surface area (Å²) in [6.07, 6.45) is 6.36. The molecule has 1 amide bonds. The van der Waals surface area contributed by atoms with Crippen molar-refractivity contribution in [2.75, 3.05) is 26.2 Å². The van der Waals surface area contributed by atoms with E-state index in [1.807, 2.05) is 19.1 Å². The predicted molar refractivity (Wildman–Crippen MR) is 116 cm³/mol. The van der Waals surface area contributed by atoms with Gasteiger partial charge in [-0.3, -0.25) is 4.79 Å². The quantitative estimate of drug-likeness (QED) is 0.204. The highest BCUT2D eigenvalue weighted by Crippen LogP contribution is 2.29. The van der Waals surface area contributed by atoms with E-state index >= 15 is 0 Å². The number of guanidine groups is 1. The third-order valence-electron chi connectivity index (χ3n) is 4.39. The van der Waals surface area contributed by atoms with E-state index in [9.17, 15) is 4.79 Å². The van der Waals surface area contributed by atoms with Crippen LogP contribution in [-0.4, -0.2) is 43.1 Å². The molecule has 1 aromatic rings. The molecule has 0 aromatic carbocycles. The molecule has 150 valence electrons. The van der Waals surface area contributed by atoms with Gasteiger partial charge < -0.3 is 20.7 Å². The number of rotatable bonds is 10. The topological polar surface area (TPSA) is 87.6 Å². The SMILES string of the molecule is CCNC(=NCc1ccnc(OCC2CC2)c1)NCCNC(=O)C1CC1.I. The van der Waals surface area contributed by atoms with Gasteiger partial charge in [-0.25, -0.2) is 9.98 Å². The smallest absolute Gasteiger partial charge is 0.223 e. The number of aliphatic imine (C=N–C) groups is 1. The number of nitrogens with one attached hydrogen (secondary N) is 3. The van der Waals surface area contributed by atoms with Gasteiger partial charge in [-0.15, -0.1) is 24.0 Å². The van der Waals surface area contributed by atoms with Gasteiger partial charge in [-0.05, 0) is 50.2 Å². The Labute approximate surface area is 178 Å². The second-order valence-corrected chi connectivity index (χ2v) is 6.94. The Balaban J connectivity index is 0.00000261. The monoisotopic (exact) mass is 487 g/mol. The third kappa shape index (κ3) is 8.32. The number of hydrogen-bond donors (Lipinski definition) is 3. The molecule has 2 saturated carbocycles. The van der Waals surface area contributed by atoms with Crippen molar-refractivity contribution in [3.05, 3.63) is 23.9 Å². The highest BCUT2D eigenvalue weighted by Gasteiger charge is 2.28. The van der Waals surface area contributed by atoms with Gasteiger partial charge in [0.2, 0.25) is 11.8 Å². The van der Waals surface area contributed by atoms with Crippen LogP contribution < -0.4 is 20.7 Å². The van der Waals surface area contributed by atoms with Crippen LogP contribution in [0.2, 0.25) is 0 Å². The Bertz CT molecular complexity index is 632. The molecule has 3 rings (SSSR count). The number of nitrogens with zero attached hydrogens (tertiary/aromatic N) is 2. The average Bonchev–Trinajstić information content (AvgIpc) is 3.55. The van der Waals surface area contributed by atoms with Crippen LogP contribution in [-0.2, 0) is 11.3 Å². The number of aromatic nitrogens is 1. The largest absolute Gasteiger partial charge is 0.477 e. The Morgan fingerprint density at radius 1 is 1.22 bits per heavy atom. The van der Waals surface area contributed by atoms with Gasteiger partial charge in [0.05, 0.1) is 13.2 Å². The van der Waals surface area contributed by atoms with Gasteiger partial charge in [0.15, 0.2) is 5.96 Å². The summed E-state index contributed by atoms with van der Waals surface area (Å²) < 4.78 is 5.72. The molecule has 0 aliphatic heterocycles. The minimum absolute atomic E-state index is 0. The number of amides is 1. The molecule has 27 heavy (non-hydrogen) atoms. The first kappa shape index (κ1) is 21.7. The first-order valence-corrected chi connectivity index (χ1v) is 9.62. The maximum atomic E-state index is 11.6. The highest BCUT2D eigenvalue weighted by atomic mass is 127. The van der Waals surface area contributed by atoms with E-state index in [2.05, 4.69) is 25.9 Å². The number of halogens is 1. The molecule has 7 nitrogen and oxygen atoms in total. The molecule has 0 saturated heterocycles. The minimum atomic E-state index is 0. The Morgan fingerprint density at radius 2 is 2.00 bits per heavy atom. The molecule has 1 heterocycles. The van der Waals surface area contributed by atoms with Crippen molar-refractivity contribution in [1.29, 1.82) is 0 Å². The Morgan fingerprint density at radius 3 is 2.70 bits per heavy atom. The van der Waals surface area contributed by atoms with Crippen LogP contribution in [0.1, 0.15) is 38.2 Å². The summed E-state index contributed by atoms with van der Waals surface area (Å²) in [7, 11) is 0. The van der Waals surface area contributed by atoms with Crippen LogP contribution >= 0.6 is 24.0 Å². The van der Waals surface area contributed by atoms with Crippen LogP contribution in [0.5, 0.6) is 5.88 Å². The predicted octanol–water partition coefficient (Wildman–Crippen LogP) is 2.07. The molecule has 0 bridgehead atoms. The zero-order chi connectivity index (χ0) is 18.2. The number of carbonyl (C=O) groups excluding carboxylic acids is 1. The number of carbonyl (C=O) groups is 1. The van der Waals surface area contributed by atoms with Crippen molar-refractivity contribution < 1.29 is 9.53 Å². The Kier molecular flexibility index (Phi) is 9.09. The molecule has 2 fully saturated rings. The lowest BCUT2D eigenvalue weighted by Crippen LogP contribution is -2.41. The third-order valence-corrected chi connectivity index (χ3v) is 4.39. The van der Waals surface area contributed by atoms with E-state index in [1.165, 1.54) is 12.8 Å². The van der Waals surface area contributed by atoms with E-state index in [0.717, 1.165) is 37.5 Å². The van der Waals surface area contributed by atoms with Crippen LogP contribution in [0.3, 0.4) is 0 Å². The summed E-state index contributed by atoms with van der Waals surface area (Å²) in [5.41, 5.74) is 1.06. The fourth-order valence-corrected chi connectivity index (χ4v) is 2.48. The molecule has 2 aliphatic carbocycles. The summed E-state index contributed by atoms with van der Waals surface area (Å²) in [5.74, 6) is 2.54. The molecule has 8 heteroatoms. The van der Waals surface area contributed by atoms with Crippen molar-refractivity contribution in [3.8, 4) is 5.88 Å². The molecule has 0 unspecified atom stereocenters. The van der Waals surface area contributed by atoms with Crippen molar-refractivity contribution in [2.45, 2.75) is 39.2 Å². The molecule has 0 spiro atoms. The number of pyridine rings is 1. The summed E-state index contributed by atoms with van der Waals surface area (Å²) in [5, 5.41) is 9.41. The van der Waals surface area contributed by atoms with Gasteiger partial charge in [0.1, 0.15) is 0 Å². The molecular formula is C19H30IN5O2. The standard InChI is InChI=1S/C19H29N5O2.HI/c1-2-20-19(23-10-9-22-18(25)16-5-6-16)24-12-15-7-8-21-17(11-15)26-13-14-3-4-14;/h7-8,11,14,16H,2-6,9-10,12-13H2,1H3,(H,22,25)(H2,20,23,24);1H. The molecule has 0 radical (unpaired) electrons. The zero-order valence-electron chi connectivity index (χ0n) is 15.9. The van der Waals surface area contributed by atoms with E-state index in [-0.39, 0.29) is 35.8 Å². The first-order chi connectivity index (χ1) is 12.7. The van der Waals surface area contributed by atoms with E-state index in [0.29, 0.717) is 31.4 Å². The van der Waals surface area contributed by atoms with Crippen LogP contribution in [0, 0.1) is 11.8 Å². The number of hydrogen-bond acceptors (Lipinski definition) is 4. The van der Waals surface area contributed by atoms with Crippen molar-refractivity contribution >= 4 is 35.8 Å². The lowest BCUT2D eigenvalue weighted by molar-refractivity contribution is -0.122. The highest BCUT2D eigenvalue weighted by molar-refractivity contribution is 14.0. The molecular weight excluding hydrogens is 457 g/mol. The lowest BCUT2D eigenvalue weighted by atomic mass is 10.3. The van der Waals surface area contributed by atoms with Crippen molar-refractivity contribution in [1.82, 2.24) is 20.9 Å². The Hall–Kier alpha value is -1.58. The minimum Gasteiger partial charge on any atom is -0.477 e. The maximum absolute atomic E-state index is 11.6. The molecule has 0 atom stereocenters. The second kappa shape index (κ2) is 11.3. The van der Waals surface area contributed by atoms with Crippen LogP contribution in [0.15, 0.2) is 23.3 Å². The lowest BCUT2D eigenvalue weighted by Gasteiger charge is -2.12. The van der Waals surface area contributed by atoms with Gasteiger partial charge in [-0.2, -0.15) is 0 Å². The summed E-state index contributed by atoms with van der Waals surface area (Å²) in [6, 6.07) is 3.90. The first-order valence-electron chi connectivity index (χ1n) is 9.62.